The first-order chi connectivity index (χ1) is 14.6. The van der Waals surface area contributed by atoms with Crippen LogP contribution in [0.2, 0.25) is 10.0 Å². The molecule has 1 amide bonds. The minimum absolute atomic E-state index is 0.133. The predicted octanol–water partition coefficient (Wildman–Crippen LogP) is 5.62. The number of carbonyl (C=O) groups excluding carboxylic acids is 1. The summed E-state index contributed by atoms with van der Waals surface area (Å²) in [6.07, 6.45) is 1.62. The van der Waals surface area contributed by atoms with Crippen LogP contribution in [0.15, 0.2) is 76.5 Å². The van der Waals surface area contributed by atoms with Crippen LogP contribution in [-0.2, 0) is 11.3 Å². The van der Waals surface area contributed by atoms with E-state index in [9.17, 15) is 4.79 Å². The van der Waals surface area contributed by atoms with Crippen LogP contribution in [0.1, 0.15) is 5.76 Å². The Morgan fingerprint density at radius 1 is 1.07 bits per heavy atom. The molecule has 0 aliphatic heterocycles. The summed E-state index contributed by atoms with van der Waals surface area (Å²) in [5.74, 6) is 1.38. The monoisotopic (exact) mass is 458 g/mol. The van der Waals surface area contributed by atoms with Crippen LogP contribution in [0.25, 0.3) is 11.4 Å². The quantitative estimate of drug-likeness (QED) is 0.363. The van der Waals surface area contributed by atoms with E-state index in [1.165, 1.54) is 11.8 Å². The molecule has 6 nitrogen and oxygen atoms in total. The summed E-state index contributed by atoms with van der Waals surface area (Å²) in [7, 11) is 0. The number of nitrogens with zero attached hydrogens (tertiary/aromatic N) is 3. The van der Waals surface area contributed by atoms with Gasteiger partial charge >= 0.3 is 0 Å². The van der Waals surface area contributed by atoms with Crippen LogP contribution >= 0.6 is 35.0 Å². The Kier molecular flexibility index (Phi) is 6.42. The topological polar surface area (TPSA) is 73.0 Å². The number of hydrogen-bond acceptors (Lipinski definition) is 5. The number of carbonyl (C=O) groups is 1. The van der Waals surface area contributed by atoms with E-state index >= 15 is 0 Å². The fraction of sp³-hybridized carbons (Fsp3) is 0.0952. The Labute approximate surface area is 187 Å². The minimum atomic E-state index is -0.224. The first kappa shape index (κ1) is 20.5. The molecule has 0 bridgehead atoms. The third-order valence-corrected chi connectivity index (χ3v) is 5.71. The molecule has 2 heterocycles. The molecule has 9 heteroatoms. The van der Waals surface area contributed by atoms with Crippen LogP contribution in [0.4, 0.5) is 5.69 Å². The lowest BCUT2D eigenvalue weighted by Crippen LogP contribution is -2.15. The highest BCUT2D eigenvalue weighted by Crippen LogP contribution is 2.27. The highest BCUT2D eigenvalue weighted by atomic mass is 35.5. The van der Waals surface area contributed by atoms with E-state index in [1.54, 1.807) is 24.5 Å². The van der Waals surface area contributed by atoms with Gasteiger partial charge in [-0.05, 0) is 30.3 Å². The smallest absolute Gasteiger partial charge is 0.234 e. The molecule has 2 aromatic heterocycles. The maximum Gasteiger partial charge on any atom is 0.234 e. The summed E-state index contributed by atoms with van der Waals surface area (Å²) in [5, 5.41) is 12.9. The van der Waals surface area contributed by atoms with Crippen molar-refractivity contribution in [2.45, 2.75) is 11.7 Å². The number of aromatic nitrogens is 3. The van der Waals surface area contributed by atoms with Gasteiger partial charge in [0, 0.05) is 10.6 Å². The summed E-state index contributed by atoms with van der Waals surface area (Å²) >= 11 is 13.4. The van der Waals surface area contributed by atoms with Crippen molar-refractivity contribution in [1.82, 2.24) is 14.8 Å². The standard InChI is InChI=1S/C21H16Cl2N4O2S/c22-15-8-9-17(23)18(11-15)24-19(28)13-30-21-26-25-20(14-5-2-1-3-6-14)27(21)12-16-7-4-10-29-16/h1-11H,12-13H2,(H,24,28). The van der Waals surface area contributed by atoms with E-state index in [-0.39, 0.29) is 11.7 Å². The lowest BCUT2D eigenvalue weighted by molar-refractivity contribution is -0.113. The zero-order chi connectivity index (χ0) is 20.9. The maximum absolute atomic E-state index is 12.4. The maximum atomic E-state index is 12.4. The fourth-order valence-corrected chi connectivity index (χ4v) is 3.88. The SMILES string of the molecule is O=C(CSc1nnc(-c2ccccc2)n1Cc1ccco1)Nc1cc(Cl)ccc1Cl. The van der Waals surface area contributed by atoms with Crippen molar-refractivity contribution in [3.8, 4) is 11.4 Å². The van der Waals surface area contributed by atoms with Crippen LogP contribution in [0, 0.1) is 0 Å². The minimum Gasteiger partial charge on any atom is -0.467 e. The van der Waals surface area contributed by atoms with Gasteiger partial charge in [-0.25, -0.2) is 0 Å². The molecule has 0 unspecified atom stereocenters. The zero-order valence-corrected chi connectivity index (χ0v) is 17.9. The molecule has 4 aromatic rings. The summed E-state index contributed by atoms with van der Waals surface area (Å²) in [4.78, 5) is 12.4. The van der Waals surface area contributed by atoms with Crippen molar-refractivity contribution in [3.05, 3.63) is 82.7 Å². The normalized spacial score (nSPS) is 10.9. The van der Waals surface area contributed by atoms with Crippen LogP contribution in [0.3, 0.4) is 0 Å². The molecule has 30 heavy (non-hydrogen) atoms. The second-order valence-corrected chi connectivity index (χ2v) is 8.08. The highest BCUT2D eigenvalue weighted by Gasteiger charge is 2.17. The van der Waals surface area contributed by atoms with E-state index in [0.29, 0.717) is 33.3 Å². The van der Waals surface area contributed by atoms with Gasteiger partial charge in [0.1, 0.15) is 5.76 Å². The van der Waals surface area contributed by atoms with Gasteiger partial charge in [0.25, 0.3) is 0 Å². The zero-order valence-electron chi connectivity index (χ0n) is 15.6. The molecule has 1 N–H and O–H groups in total. The average Bonchev–Trinajstić information content (AvgIpc) is 3.40. The van der Waals surface area contributed by atoms with Crippen molar-refractivity contribution < 1.29 is 9.21 Å². The fourth-order valence-electron chi connectivity index (χ4n) is 2.81. The number of amides is 1. The summed E-state index contributed by atoms with van der Waals surface area (Å²) in [6, 6.07) is 18.4. The third kappa shape index (κ3) is 4.87. The second-order valence-electron chi connectivity index (χ2n) is 6.30. The number of nitrogens with one attached hydrogen (secondary N) is 1. The van der Waals surface area contributed by atoms with Crippen molar-refractivity contribution in [2.75, 3.05) is 11.1 Å². The van der Waals surface area contributed by atoms with Gasteiger partial charge in [0.15, 0.2) is 11.0 Å². The van der Waals surface area contributed by atoms with Gasteiger partial charge in [-0.1, -0.05) is 65.3 Å². The molecule has 0 fully saturated rings. The van der Waals surface area contributed by atoms with Gasteiger partial charge in [0.05, 0.1) is 29.3 Å². The number of anilines is 1. The molecule has 0 aliphatic carbocycles. The van der Waals surface area contributed by atoms with Gasteiger partial charge in [-0.15, -0.1) is 10.2 Å². The van der Waals surface area contributed by atoms with Gasteiger partial charge < -0.3 is 9.73 Å². The number of benzene rings is 2. The van der Waals surface area contributed by atoms with Crippen molar-refractivity contribution in [1.29, 1.82) is 0 Å². The molecule has 0 saturated heterocycles. The Hall–Kier alpha value is -2.74. The molecular weight excluding hydrogens is 443 g/mol. The molecule has 152 valence electrons. The van der Waals surface area contributed by atoms with Gasteiger partial charge in [-0.2, -0.15) is 0 Å². The molecule has 0 aliphatic rings. The second kappa shape index (κ2) is 9.38. The van der Waals surface area contributed by atoms with Gasteiger partial charge in [0.2, 0.25) is 5.91 Å². The van der Waals surface area contributed by atoms with Crippen molar-refractivity contribution in [2.24, 2.45) is 0 Å². The molecular formula is C21H16Cl2N4O2S. The summed E-state index contributed by atoms with van der Waals surface area (Å²) in [6.45, 7) is 0.453. The molecule has 0 radical (unpaired) electrons. The van der Waals surface area contributed by atoms with Crippen molar-refractivity contribution in [3.63, 3.8) is 0 Å². The van der Waals surface area contributed by atoms with Crippen LogP contribution in [-0.4, -0.2) is 26.4 Å². The van der Waals surface area contributed by atoms with E-state index < -0.39 is 0 Å². The lowest BCUT2D eigenvalue weighted by Gasteiger charge is -2.10. The largest absolute Gasteiger partial charge is 0.467 e. The lowest BCUT2D eigenvalue weighted by atomic mass is 10.2. The average molecular weight is 459 g/mol. The Morgan fingerprint density at radius 3 is 2.67 bits per heavy atom. The van der Waals surface area contributed by atoms with E-state index in [2.05, 4.69) is 15.5 Å². The third-order valence-electron chi connectivity index (χ3n) is 4.18. The summed E-state index contributed by atoms with van der Waals surface area (Å²) < 4.78 is 7.42. The van der Waals surface area contributed by atoms with Crippen LogP contribution in [0.5, 0.6) is 0 Å². The number of rotatable bonds is 7. The number of halogens is 2. The molecule has 0 spiro atoms. The Morgan fingerprint density at radius 2 is 1.90 bits per heavy atom. The summed E-state index contributed by atoms with van der Waals surface area (Å²) in [5.41, 5.74) is 1.40. The molecule has 4 rings (SSSR count). The molecule has 0 saturated carbocycles. The number of furan rings is 1. The number of hydrogen-bond donors (Lipinski definition) is 1. The Balaban J connectivity index is 1.52. The number of thioether (sulfide) groups is 1. The molecule has 0 atom stereocenters. The first-order valence-corrected chi connectivity index (χ1v) is 10.7. The van der Waals surface area contributed by atoms with E-state index in [4.69, 9.17) is 27.6 Å². The Bertz CT molecular complexity index is 1150. The van der Waals surface area contributed by atoms with Gasteiger partial charge in [-0.3, -0.25) is 9.36 Å². The van der Waals surface area contributed by atoms with Crippen LogP contribution < -0.4 is 5.32 Å². The highest BCUT2D eigenvalue weighted by molar-refractivity contribution is 7.99. The van der Waals surface area contributed by atoms with E-state index in [0.717, 1.165) is 11.3 Å². The molecule has 2 aromatic carbocycles. The predicted molar refractivity (Wildman–Crippen MR) is 119 cm³/mol. The van der Waals surface area contributed by atoms with E-state index in [1.807, 2.05) is 47.0 Å². The van der Waals surface area contributed by atoms with Crippen molar-refractivity contribution >= 4 is 46.6 Å². The first-order valence-electron chi connectivity index (χ1n) is 8.99.